The van der Waals surface area contributed by atoms with E-state index >= 15 is 0 Å². The van der Waals surface area contributed by atoms with E-state index in [2.05, 4.69) is 16.0 Å². The van der Waals surface area contributed by atoms with Crippen molar-refractivity contribution < 1.29 is 19.4 Å². The van der Waals surface area contributed by atoms with Crippen LogP contribution < -0.4 is 4.90 Å². The molecule has 8 nitrogen and oxygen atoms in total. The van der Waals surface area contributed by atoms with Crippen molar-refractivity contribution in [2.24, 2.45) is 0 Å². The Bertz CT molecular complexity index is 743. The predicted octanol–water partition coefficient (Wildman–Crippen LogP) is -0.0892. The SMILES string of the molecule is CC1CN(C(=O)C2(O)COC2)CC2(CCN(c3ccc(C#N)cn3)C2)O1. The van der Waals surface area contributed by atoms with Gasteiger partial charge in [-0.15, -0.1) is 0 Å². The van der Waals surface area contributed by atoms with Crippen molar-refractivity contribution in [2.75, 3.05) is 44.3 Å². The molecule has 0 aliphatic carbocycles. The summed E-state index contributed by atoms with van der Waals surface area (Å²) in [5, 5.41) is 19.2. The predicted molar refractivity (Wildman–Crippen MR) is 91.4 cm³/mol. The molecule has 2 unspecified atom stereocenters. The standard InChI is InChI=1S/C18H22N4O4/c1-13-8-22(16(23)18(24)11-25-12-18)10-17(26-13)4-5-21(9-17)15-3-2-14(6-19)7-20-15/h2-3,7,13,24H,4-5,8-12H2,1H3. The number of rotatable bonds is 2. The fraction of sp³-hybridized carbons (Fsp3) is 0.611. The molecule has 26 heavy (non-hydrogen) atoms. The van der Waals surface area contributed by atoms with Gasteiger partial charge in [0.15, 0.2) is 5.60 Å². The van der Waals surface area contributed by atoms with Crippen LogP contribution in [0.25, 0.3) is 0 Å². The largest absolute Gasteiger partial charge is 0.376 e. The normalized spacial score (nSPS) is 30.1. The lowest BCUT2D eigenvalue weighted by Gasteiger charge is -2.47. The maximum Gasteiger partial charge on any atom is 0.259 e. The van der Waals surface area contributed by atoms with Crippen LogP contribution in [0.1, 0.15) is 18.9 Å². The molecule has 4 rings (SSSR count). The zero-order chi connectivity index (χ0) is 18.4. The van der Waals surface area contributed by atoms with Crippen LogP contribution in [-0.2, 0) is 14.3 Å². The molecule has 1 aromatic rings. The second-order valence-corrected chi connectivity index (χ2v) is 7.51. The van der Waals surface area contributed by atoms with Gasteiger partial charge in [0.1, 0.15) is 17.5 Å². The number of carbonyl (C=O) groups is 1. The van der Waals surface area contributed by atoms with Gasteiger partial charge < -0.3 is 24.4 Å². The van der Waals surface area contributed by atoms with Crippen LogP contribution in [0.3, 0.4) is 0 Å². The van der Waals surface area contributed by atoms with Crippen LogP contribution >= 0.6 is 0 Å². The summed E-state index contributed by atoms with van der Waals surface area (Å²) in [6.07, 6.45) is 2.23. The van der Waals surface area contributed by atoms with Gasteiger partial charge in [-0.05, 0) is 25.5 Å². The van der Waals surface area contributed by atoms with Gasteiger partial charge in [0.05, 0.1) is 38.0 Å². The smallest absolute Gasteiger partial charge is 0.259 e. The fourth-order valence-electron chi connectivity index (χ4n) is 4.00. The number of hydrogen-bond acceptors (Lipinski definition) is 7. The zero-order valence-electron chi connectivity index (χ0n) is 14.7. The molecular weight excluding hydrogens is 336 g/mol. The molecule has 2 atom stereocenters. The highest BCUT2D eigenvalue weighted by Crippen LogP contribution is 2.34. The molecule has 0 saturated carbocycles. The Morgan fingerprint density at radius 2 is 2.23 bits per heavy atom. The lowest BCUT2D eigenvalue weighted by Crippen LogP contribution is -2.66. The second kappa shape index (κ2) is 6.20. The van der Waals surface area contributed by atoms with Gasteiger partial charge in [-0.25, -0.2) is 4.98 Å². The van der Waals surface area contributed by atoms with Crippen molar-refractivity contribution >= 4 is 11.7 Å². The Balaban J connectivity index is 1.49. The van der Waals surface area contributed by atoms with Gasteiger partial charge in [0.25, 0.3) is 5.91 Å². The first-order valence-corrected chi connectivity index (χ1v) is 8.82. The number of ether oxygens (including phenoxy) is 2. The third kappa shape index (κ3) is 2.92. The molecule has 3 aliphatic rings. The molecular formula is C18H22N4O4. The van der Waals surface area contributed by atoms with Crippen molar-refractivity contribution in [3.63, 3.8) is 0 Å². The van der Waals surface area contributed by atoms with Crippen LogP contribution in [0.4, 0.5) is 5.82 Å². The number of nitriles is 1. The first kappa shape index (κ1) is 17.2. The molecule has 1 spiro atoms. The van der Waals surface area contributed by atoms with Gasteiger partial charge in [-0.1, -0.05) is 0 Å². The molecule has 138 valence electrons. The van der Waals surface area contributed by atoms with E-state index in [9.17, 15) is 9.90 Å². The molecule has 1 amide bonds. The molecule has 1 aromatic heterocycles. The molecule has 1 N–H and O–H groups in total. The number of nitrogens with zero attached hydrogens (tertiary/aromatic N) is 4. The Morgan fingerprint density at radius 3 is 2.85 bits per heavy atom. The lowest BCUT2D eigenvalue weighted by atomic mass is 9.95. The number of aromatic nitrogens is 1. The van der Waals surface area contributed by atoms with E-state index in [4.69, 9.17) is 14.7 Å². The van der Waals surface area contributed by atoms with Gasteiger partial charge in [-0.2, -0.15) is 5.26 Å². The van der Waals surface area contributed by atoms with Crippen molar-refractivity contribution in [3.8, 4) is 6.07 Å². The number of anilines is 1. The van der Waals surface area contributed by atoms with Crippen LogP contribution in [0.5, 0.6) is 0 Å². The van der Waals surface area contributed by atoms with E-state index in [1.807, 2.05) is 13.0 Å². The number of pyridine rings is 1. The van der Waals surface area contributed by atoms with E-state index in [0.717, 1.165) is 18.8 Å². The molecule has 0 aromatic carbocycles. The number of morpholine rings is 1. The van der Waals surface area contributed by atoms with E-state index in [1.165, 1.54) is 0 Å². The molecule has 4 heterocycles. The molecule has 0 bridgehead atoms. The number of amides is 1. The summed E-state index contributed by atoms with van der Waals surface area (Å²) in [6.45, 7) is 4.38. The van der Waals surface area contributed by atoms with Gasteiger partial charge >= 0.3 is 0 Å². The minimum atomic E-state index is -1.38. The topological polar surface area (TPSA) is 98.9 Å². The summed E-state index contributed by atoms with van der Waals surface area (Å²) in [6, 6.07) is 5.65. The third-order valence-electron chi connectivity index (χ3n) is 5.29. The zero-order valence-corrected chi connectivity index (χ0v) is 14.7. The first-order valence-electron chi connectivity index (χ1n) is 8.82. The van der Waals surface area contributed by atoms with Gasteiger partial charge in [-0.3, -0.25) is 4.79 Å². The first-order chi connectivity index (χ1) is 12.4. The Hall–Kier alpha value is -2.21. The summed E-state index contributed by atoms with van der Waals surface area (Å²) in [5.74, 6) is 0.528. The molecule has 8 heteroatoms. The highest BCUT2D eigenvalue weighted by atomic mass is 16.5. The van der Waals surface area contributed by atoms with Crippen molar-refractivity contribution in [1.29, 1.82) is 5.26 Å². The maximum atomic E-state index is 12.7. The monoisotopic (exact) mass is 358 g/mol. The van der Waals surface area contributed by atoms with E-state index in [0.29, 0.717) is 25.2 Å². The van der Waals surface area contributed by atoms with Crippen LogP contribution in [0.2, 0.25) is 0 Å². The molecule has 3 saturated heterocycles. The van der Waals surface area contributed by atoms with Crippen molar-refractivity contribution in [1.82, 2.24) is 9.88 Å². The van der Waals surface area contributed by atoms with Crippen LogP contribution in [0, 0.1) is 11.3 Å². The van der Waals surface area contributed by atoms with Gasteiger partial charge in [0, 0.05) is 19.3 Å². The van der Waals surface area contributed by atoms with E-state index in [1.54, 1.807) is 17.2 Å². The number of carbonyl (C=O) groups excluding carboxylic acids is 1. The number of hydrogen-bond donors (Lipinski definition) is 1. The highest BCUT2D eigenvalue weighted by molar-refractivity contribution is 5.86. The summed E-state index contributed by atoms with van der Waals surface area (Å²) in [4.78, 5) is 20.9. The average Bonchev–Trinajstić information content (AvgIpc) is 3.01. The fourth-order valence-corrected chi connectivity index (χ4v) is 4.00. The molecule has 0 radical (unpaired) electrons. The average molecular weight is 358 g/mol. The van der Waals surface area contributed by atoms with Crippen molar-refractivity contribution in [2.45, 2.75) is 30.7 Å². The summed E-state index contributed by atoms with van der Waals surface area (Å²) in [5.41, 5.74) is -1.33. The molecule has 3 aliphatic heterocycles. The summed E-state index contributed by atoms with van der Waals surface area (Å²) in [7, 11) is 0. The maximum absolute atomic E-state index is 12.7. The summed E-state index contributed by atoms with van der Waals surface area (Å²) < 4.78 is 11.3. The van der Waals surface area contributed by atoms with Crippen molar-refractivity contribution in [3.05, 3.63) is 23.9 Å². The van der Waals surface area contributed by atoms with E-state index in [-0.39, 0.29) is 25.2 Å². The Kier molecular flexibility index (Phi) is 4.10. The molecule has 3 fully saturated rings. The minimum Gasteiger partial charge on any atom is -0.376 e. The quantitative estimate of drug-likeness (QED) is 0.789. The lowest BCUT2D eigenvalue weighted by molar-refractivity contribution is -0.212. The summed E-state index contributed by atoms with van der Waals surface area (Å²) >= 11 is 0. The second-order valence-electron chi connectivity index (χ2n) is 7.51. The Morgan fingerprint density at radius 1 is 1.42 bits per heavy atom. The van der Waals surface area contributed by atoms with Crippen LogP contribution in [-0.4, -0.2) is 77.6 Å². The highest BCUT2D eigenvalue weighted by Gasteiger charge is 2.52. The van der Waals surface area contributed by atoms with E-state index < -0.39 is 11.2 Å². The van der Waals surface area contributed by atoms with Crippen LogP contribution in [0.15, 0.2) is 18.3 Å². The number of aliphatic hydroxyl groups is 1. The minimum absolute atomic E-state index is 0.0614. The van der Waals surface area contributed by atoms with Gasteiger partial charge in [0.2, 0.25) is 0 Å². The Labute approximate surface area is 151 Å². The third-order valence-corrected chi connectivity index (χ3v) is 5.29.